The predicted octanol–water partition coefficient (Wildman–Crippen LogP) is 1.99. The number of hydrogen-bond acceptors (Lipinski definition) is 3. The highest BCUT2D eigenvalue weighted by Crippen LogP contribution is 2.25. The van der Waals surface area contributed by atoms with Gasteiger partial charge in [0.05, 0.1) is 18.9 Å². The number of nitrogens with zero attached hydrogens (tertiary/aromatic N) is 1. The number of esters is 1. The number of amides is 1. The van der Waals surface area contributed by atoms with Crippen LogP contribution in [0.2, 0.25) is 0 Å². The van der Waals surface area contributed by atoms with Crippen LogP contribution < -0.4 is 0 Å². The minimum Gasteiger partial charge on any atom is -0.469 e. The number of carbonyl (C=O) groups is 2. The van der Waals surface area contributed by atoms with Crippen LogP contribution in [0.4, 0.5) is 0 Å². The van der Waals surface area contributed by atoms with Crippen LogP contribution in [-0.4, -0.2) is 37.5 Å². The Bertz CT molecular complexity index is 440. The summed E-state index contributed by atoms with van der Waals surface area (Å²) in [6.07, 6.45) is 0.212. The van der Waals surface area contributed by atoms with Gasteiger partial charge in [0.25, 0.3) is 0 Å². The fourth-order valence-electron chi connectivity index (χ4n) is 1.92. The van der Waals surface area contributed by atoms with Crippen LogP contribution >= 0.6 is 0 Å². The summed E-state index contributed by atoms with van der Waals surface area (Å²) in [4.78, 5) is 25.1. The van der Waals surface area contributed by atoms with E-state index >= 15 is 0 Å². The smallest absolute Gasteiger partial charge is 0.307 e. The second-order valence-corrected chi connectivity index (χ2v) is 5.04. The number of benzene rings is 1. The third kappa shape index (κ3) is 3.81. The third-order valence-electron chi connectivity index (χ3n) is 3.26. The van der Waals surface area contributed by atoms with E-state index in [2.05, 4.69) is 4.74 Å². The predicted molar refractivity (Wildman–Crippen MR) is 73.7 cm³/mol. The molecule has 0 aliphatic carbocycles. The molecule has 0 unspecified atom stereocenters. The van der Waals surface area contributed by atoms with Gasteiger partial charge in [-0.2, -0.15) is 0 Å². The number of hydrogen-bond donors (Lipinski definition) is 0. The molecule has 0 atom stereocenters. The molecule has 104 valence electrons. The Kier molecular flexibility index (Phi) is 5.10. The molecular weight excluding hydrogens is 242 g/mol. The largest absolute Gasteiger partial charge is 0.469 e. The average Bonchev–Trinajstić information content (AvgIpc) is 2.44. The first-order valence-corrected chi connectivity index (χ1v) is 6.27. The molecule has 4 heteroatoms. The lowest BCUT2D eigenvalue weighted by atomic mass is 9.83. The zero-order valence-electron chi connectivity index (χ0n) is 12.0. The number of rotatable bonds is 5. The van der Waals surface area contributed by atoms with Crippen molar-refractivity contribution in [2.24, 2.45) is 0 Å². The van der Waals surface area contributed by atoms with Crippen LogP contribution in [0.15, 0.2) is 30.3 Å². The Hall–Kier alpha value is -1.84. The molecule has 1 amide bonds. The van der Waals surface area contributed by atoms with Crippen molar-refractivity contribution in [2.75, 3.05) is 20.7 Å². The zero-order valence-corrected chi connectivity index (χ0v) is 12.0. The first-order chi connectivity index (χ1) is 8.89. The van der Waals surface area contributed by atoms with Crippen molar-refractivity contribution in [3.63, 3.8) is 0 Å². The summed E-state index contributed by atoms with van der Waals surface area (Å²) in [7, 11) is 3.05. The van der Waals surface area contributed by atoms with Crippen molar-refractivity contribution in [1.29, 1.82) is 0 Å². The van der Waals surface area contributed by atoms with E-state index in [4.69, 9.17) is 0 Å². The van der Waals surface area contributed by atoms with Gasteiger partial charge in [-0.1, -0.05) is 30.3 Å². The molecule has 1 aromatic carbocycles. The maximum absolute atomic E-state index is 12.4. The van der Waals surface area contributed by atoms with E-state index in [-0.39, 0.29) is 18.3 Å². The van der Waals surface area contributed by atoms with Crippen molar-refractivity contribution < 1.29 is 14.3 Å². The Labute approximate surface area is 114 Å². The molecule has 0 aliphatic heterocycles. The first kappa shape index (κ1) is 15.2. The van der Waals surface area contributed by atoms with Gasteiger partial charge in [0.1, 0.15) is 0 Å². The normalized spacial score (nSPS) is 10.9. The van der Waals surface area contributed by atoms with Gasteiger partial charge < -0.3 is 9.64 Å². The van der Waals surface area contributed by atoms with Crippen LogP contribution in [-0.2, 0) is 19.7 Å². The van der Waals surface area contributed by atoms with Gasteiger partial charge in [-0.3, -0.25) is 9.59 Å². The van der Waals surface area contributed by atoms with Crippen molar-refractivity contribution in [3.05, 3.63) is 35.9 Å². The molecule has 19 heavy (non-hydrogen) atoms. The molecule has 0 N–H and O–H groups in total. The molecule has 4 nitrogen and oxygen atoms in total. The van der Waals surface area contributed by atoms with E-state index in [1.54, 1.807) is 11.9 Å². The van der Waals surface area contributed by atoms with E-state index in [1.807, 2.05) is 44.2 Å². The Morgan fingerprint density at radius 2 is 1.79 bits per heavy atom. The molecule has 0 saturated carbocycles. The maximum atomic E-state index is 12.4. The molecule has 0 spiro atoms. The van der Waals surface area contributed by atoms with Gasteiger partial charge in [0.2, 0.25) is 5.91 Å². The van der Waals surface area contributed by atoms with Gasteiger partial charge in [-0.25, -0.2) is 0 Å². The van der Waals surface area contributed by atoms with Gasteiger partial charge in [-0.05, 0) is 19.4 Å². The summed E-state index contributed by atoms with van der Waals surface area (Å²) in [6, 6.07) is 9.63. The SMILES string of the molecule is COC(=O)CCN(C)C(=O)C(C)(C)c1ccccc1. The van der Waals surface area contributed by atoms with E-state index in [9.17, 15) is 9.59 Å². The molecule has 0 saturated heterocycles. The van der Waals surface area contributed by atoms with Crippen molar-refractivity contribution >= 4 is 11.9 Å². The summed E-state index contributed by atoms with van der Waals surface area (Å²) >= 11 is 0. The Morgan fingerprint density at radius 1 is 1.21 bits per heavy atom. The summed E-state index contributed by atoms with van der Waals surface area (Å²) in [5, 5.41) is 0. The third-order valence-corrected chi connectivity index (χ3v) is 3.26. The summed E-state index contributed by atoms with van der Waals surface area (Å²) in [6.45, 7) is 4.14. The lowest BCUT2D eigenvalue weighted by molar-refractivity contribution is -0.142. The van der Waals surface area contributed by atoms with Gasteiger partial charge in [0.15, 0.2) is 0 Å². The zero-order chi connectivity index (χ0) is 14.5. The highest BCUT2D eigenvalue weighted by atomic mass is 16.5. The summed E-state index contributed by atoms with van der Waals surface area (Å²) < 4.78 is 4.57. The molecule has 0 aliphatic rings. The molecule has 0 heterocycles. The van der Waals surface area contributed by atoms with E-state index in [0.29, 0.717) is 6.54 Å². The van der Waals surface area contributed by atoms with Crippen LogP contribution in [0.1, 0.15) is 25.8 Å². The molecule has 0 aromatic heterocycles. The first-order valence-electron chi connectivity index (χ1n) is 6.27. The standard InChI is InChI=1S/C15H21NO3/c1-15(2,12-8-6-5-7-9-12)14(18)16(3)11-10-13(17)19-4/h5-9H,10-11H2,1-4H3. The Morgan fingerprint density at radius 3 is 2.32 bits per heavy atom. The summed E-state index contributed by atoms with van der Waals surface area (Å²) in [5.74, 6) is -0.320. The average molecular weight is 263 g/mol. The molecule has 1 aromatic rings. The number of likely N-dealkylation sites (N-methyl/N-ethyl adjacent to an activating group) is 1. The second-order valence-electron chi connectivity index (χ2n) is 5.04. The molecule has 0 radical (unpaired) electrons. The number of carbonyl (C=O) groups excluding carboxylic acids is 2. The minimum absolute atomic E-state index is 0.0115. The van der Waals surface area contributed by atoms with Crippen LogP contribution in [0.3, 0.4) is 0 Å². The van der Waals surface area contributed by atoms with Crippen LogP contribution in [0.5, 0.6) is 0 Å². The number of ether oxygens (including phenoxy) is 1. The van der Waals surface area contributed by atoms with E-state index in [0.717, 1.165) is 5.56 Å². The molecule has 0 fully saturated rings. The van der Waals surface area contributed by atoms with Crippen LogP contribution in [0.25, 0.3) is 0 Å². The van der Waals surface area contributed by atoms with Crippen LogP contribution in [0, 0.1) is 0 Å². The second kappa shape index (κ2) is 6.36. The van der Waals surface area contributed by atoms with Gasteiger partial charge >= 0.3 is 5.97 Å². The molecule has 1 rings (SSSR count). The fraction of sp³-hybridized carbons (Fsp3) is 0.467. The quantitative estimate of drug-likeness (QED) is 0.763. The van der Waals surface area contributed by atoms with E-state index in [1.165, 1.54) is 7.11 Å². The minimum atomic E-state index is -0.605. The molecule has 0 bridgehead atoms. The summed E-state index contributed by atoms with van der Waals surface area (Å²) in [5.41, 5.74) is 0.358. The monoisotopic (exact) mass is 263 g/mol. The maximum Gasteiger partial charge on any atom is 0.307 e. The highest BCUT2D eigenvalue weighted by molar-refractivity contribution is 5.87. The van der Waals surface area contributed by atoms with E-state index < -0.39 is 5.41 Å². The van der Waals surface area contributed by atoms with Crippen molar-refractivity contribution in [1.82, 2.24) is 4.90 Å². The highest BCUT2D eigenvalue weighted by Gasteiger charge is 2.32. The number of methoxy groups -OCH3 is 1. The Balaban J connectivity index is 2.73. The fourth-order valence-corrected chi connectivity index (χ4v) is 1.92. The van der Waals surface area contributed by atoms with Crippen molar-refractivity contribution in [3.8, 4) is 0 Å². The lowest BCUT2D eigenvalue weighted by Gasteiger charge is -2.29. The topological polar surface area (TPSA) is 46.6 Å². The van der Waals surface area contributed by atoms with Crippen molar-refractivity contribution in [2.45, 2.75) is 25.7 Å². The van der Waals surface area contributed by atoms with Gasteiger partial charge in [0, 0.05) is 13.6 Å². The molecular formula is C15H21NO3. The van der Waals surface area contributed by atoms with Gasteiger partial charge in [-0.15, -0.1) is 0 Å². The lowest BCUT2D eigenvalue weighted by Crippen LogP contribution is -2.42.